The molecule has 15 heavy (non-hydrogen) atoms. The predicted octanol–water partition coefficient (Wildman–Crippen LogP) is 1.35. The van der Waals surface area contributed by atoms with E-state index in [-0.39, 0.29) is 12.1 Å². The van der Waals surface area contributed by atoms with Crippen LogP contribution in [0, 0.1) is 0 Å². The summed E-state index contributed by atoms with van der Waals surface area (Å²) >= 11 is 0. The van der Waals surface area contributed by atoms with Crippen LogP contribution in [0.4, 0.5) is 0 Å². The molecule has 0 saturated carbocycles. The van der Waals surface area contributed by atoms with Gasteiger partial charge in [0.1, 0.15) is 6.04 Å². The zero-order valence-electron chi connectivity index (χ0n) is 9.61. The van der Waals surface area contributed by atoms with Crippen LogP contribution in [-0.2, 0) is 9.53 Å². The lowest BCUT2D eigenvalue weighted by atomic mass is 10.2. The van der Waals surface area contributed by atoms with Gasteiger partial charge in [-0.15, -0.1) is 0 Å². The summed E-state index contributed by atoms with van der Waals surface area (Å²) in [7, 11) is 0. The minimum atomic E-state index is -0.683. The lowest BCUT2D eigenvalue weighted by Crippen LogP contribution is -2.36. The van der Waals surface area contributed by atoms with Gasteiger partial charge < -0.3 is 9.84 Å². The fourth-order valence-corrected chi connectivity index (χ4v) is 1.96. The molecule has 1 rings (SSSR count). The molecule has 1 unspecified atom stereocenters. The SMILES string of the molecule is CC(C)OCCCN1CCCC1C(=O)O. The van der Waals surface area contributed by atoms with Gasteiger partial charge in [-0.05, 0) is 39.7 Å². The molecule has 4 nitrogen and oxygen atoms in total. The molecule has 0 aromatic rings. The van der Waals surface area contributed by atoms with Gasteiger partial charge in [-0.2, -0.15) is 0 Å². The first-order chi connectivity index (χ1) is 7.11. The molecule has 88 valence electrons. The lowest BCUT2D eigenvalue weighted by molar-refractivity contribution is -0.142. The van der Waals surface area contributed by atoms with E-state index in [0.29, 0.717) is 0 Å². The van der Waals surface area contributed by atoms with Crippen molar-refractivity contribution < 1.29 is 14.6 Å². The largest absolute Gasteiger partial charge is 0.480 e. The van der Waals surface area contributed by atoms with Gasteiger partial charge in [-0.25, -0.2) is 0 Å². The number of likely N-dealkylation sites (tertiary alicyclic amines) is 1. The van der Waals surface area contributed by atoms with E-state index in [2.05, 4.69) is 0 Å². The van der Waals surface area contributed by atoms with Crippen LogP contribution in [0.3, 0.4) is 0 Å². The molecular formula is C11H21NO3. The first-order valence-electron chi connectivity index (χ1n) is 5.69. The average molecular weight is 215 g/mol. The van der Waals surface area contributed by atoms with Crippen LogP contribution < -0.4 is 0 Å². The van der Waals surface area contributed by atoms with Gasteiger partial charge in [0, 0.05) is 13.2 Å². The Bertz CT molecular complexity index is 206. The number of carboxylic acids is 1. The van der Waals surface area contributed by atoms with Crippen LogP contribution in [0.15, 0.2) is 0 Å². The van der Waals surface area contributed by atoms with Crippen molar-refractivity contribution in [2.24, 2.45) is 0 Å². The van der Waals surface area contributed by atoms with Gasteiger partial charge >= 0.3 is 5.97 Å². The van der Waals surface area contributed by atoms with E-state index < -0.39 is 5.97 Å². The highest BCUT2D eigenvalue weighted by molar-refractivity contribution is 5.73. The van der Waals surface area contributed by atoms with E-state index in [0.717, 1.165) is 39.0 Å². The van der Waals surface area contributed by atoms with E-state index in [9.17, 15) is 4.79 Å². The fraction of sp³-hybridized carbons (Fsp3) is 0.909. The van der Waals surface area contributed by atoms with Crippen molar-refractivity contribution in [3.63, 3.8) is 0 Å². The summed E-state index contributed by atoms with van der Waals surface area (Å²) < 4.78 is 5.42. The number of carbonyl (C=O) groups is 1. The molecule has 0 bridgehead atoms. The van der Waals surface area contributed by atoms with Crippen molar-refractivity contribution in [2.45, 2.75) is 45.3 Å². The molecule has 4 heteroatoms. The van der Waals surface area contributed by atoms with E-state index in [1.807, 2.05) is 18.7 Å². The summed E-state index contributed by atoms with van der Waals surface area (Å²) in [6.45, 7) is 6.49. The third-order valence-electron chi connectivity index (χ3n) is 2.69. The van der Waals surface area contributed by atoms with Crippen LogP contribution in [-0.4, -0.2) is 47.8 Å². The summed E-state index contributed by atoms with van der Waals surface area (Å²) in [5.41, 5.74) is 0. The Morgan fingerprint density at radius 3 is 2.93 bits per heavy atom. The highest BCUT2D eigenvalue weighted by Crippen LogP contribution is 2.17. The number of aliphatic carboxylic acids is 1. The molecule has 1 saturated heterocycles. The maximum absolute atomic E-state index is 10.9. The molecule has 1 aliphatic rings. The van der Waals surface area contributed by atoms with Crippen molar-refractivity contribution in [1.82, 2.24) is 4.90 Å². The molecule has 0 spiro atoms. The Kier molecular flexibility index (Phi) is 5.05. The third kappa shape index (κ3) is 4.18. The van der Waals surface area contributed by atoms with Gasteiger partial charge in [-0.3, -0.25) is 9.69 Å². The summed E-state index contributed by atoms with van der Waals surface area (Å²) in [6, 6.07) is -0.260. The van der Waals surface area contributed by atoms with Crippen LogP contribution in [0.25, 0.3) is 0 Å². The number of carboxylic acid groups (broad SMARTS) is 1. The van der Waals surface area contributed by atoms with Crippen LogP contribution in [0.5, 0.6) is 0 Å². The molecule has 0 aromatic carbocycles. The summed E-state index contributed by atoms with van der Waals surface area (Å²) in [6.07, 6.45) is 2.98. The first kappa shape index (κ1) is 12.5. The topological polar surface area (TPSA) is 49.8 Å². The molecule has 1 aliphatic heterocycles. The highest BCUT2D eigenvalue weighted by atomic mass is 16.5. The molecule has 1 atom stereocenters. The van der Waals surface area contributed by atoms with E-state index in [1.165, 1.54) is 0 Å². The Morgan fingerprint density at radius 2 is 2.33 bits per heavy atom. The van der Waals surface area contributed by atoms with Crippen molar-refractivity contribution >= 4 is 5.97 Å². The average Bonchev–Trinajstić information content (AvgIpc) is 2.60. The number of ether oxygens (including phenoxy) is 1. The van der Waals surface area contributed by atoms with Crippen molar-refractivity contribution in [2.75, 3.05) is 19.7 Å². The van der Waals surface area contributed by atoms with Crippen LogP contribution in [0.1, 0.15) is 33.1 Å². The molecule has 1 heterocycles. The van der Waals surface area contributed by atoms with Gasteiger partial charge in [0.15, 0.2) is 0 Å². The Hall–Kier alpha value is -0.610. The summed E-state index contributed by atoms with van der Waals surface area (Å²) in [5.74, 6) is -0.683. The first-order valence-corrected chi connectivity index (χ1v) is 5.69. The Labute approximate surface area is 91.2 Å². The van der Waals surface area contributed by atoms with E-state index in [1.54, 1.807) is 0 Å². The quantitative estimate of drug-likeness (QED) is 0.679. The van der Waals surface area contributed by atoms with Crippen molar-refractivity contribution in [3.8, 4) is 0 Å². The highest BCUT2D eigenvalue weighted by Gasteiger charge is 2.29. The number of rotatable bonds is 6. The second-order valence-corrected chi connectivity index (χ2v) is 4.31. The van der Waals surface area contributed by atoms with Crippen molar-refractivity contribution in [3.05, 3.63) is 0 Å². The van der Waals surface area contributed by atoms with Crippen LogP contribution >= 0.6 is 0 Å². The molecule has 0 amide bonds. The minimum absolute atomic E-state index is 0.260. The smallest absolute Gasteiger partial charge is 0.320 e. The second kappa shape index (κ2) is 6.08. The monoisotopic (exact) mass is 215 g/mol. The molecular weight excluding hydrogens is 194 g/mol. The van der Waals surface area contributed by atoms with E-state index in [4.69, 9.17) is 9.84 Å². The van der Waals surface area contributed by atoms with E-state index >= 15 is 0 Å². The normalized spacial score (nSPS) is 22.5. The zero-order valence-corrected chi connectivity index (χ0v) is 9.61. The van der Waals surface area contributed by atoms with Gasteiger partial charge in [-0.1, -0.05) is 0 Å². The fourth-order valence-electron chi connectivity index (χ4n) is 1.96. The molecule has 1 fully saturated rings. The van der Waals surface area contributed by atoms with Crippen LogP contribution in [0.2, 0.25) is 0 Å². The molecule has 0 aliphatic carbocycles. The maximum atomic E-state index is 10.9. The predicted molar refractivity (Wildman–Crippen MR) is 57.9 cm³/mol. The maximum Gasteiger partial charge on any atom is 0.320 e. The molecule has 0 radical (unpaired) electrons. The van der Waals surface area contributed by atoms with Gasteiger partial charge in [0.05, 0.1) is 6.10 Å². The summed E-state index contributed by atoms with van der Waals surface area (Å²) in [5, 5.41) is 8.96. The zero-order chi connectivity index (χ0) is 11.3. The Balaban J connectivity index is 2.17. The second-order valence-electron chi connectivity index (χ2n) is 4.31. The number of nitrogens with zero attached hydrogens (tertiary/aromatic N) is 1. The number of hydrogen-bond acceptors (Lipinski definition) is 3. The van der Waals surface area contributed by atoms with Gasteiger partial charge in [0.25, 0.3) is 0 Å². The lowest BCUT2D eigenvalue weighted by Gasteiger charge is -2.20. The van der Waals surface area contributed by atoms with Crippen molar-refractivity contribution in [1.29, 1.82) is 0 Å². The van der Waals surface area contributed by atoms with Gasteiger partial charge in [0.2, 0.25) is 0 Å². The molecule has 0 aromatic heterocycles. The standard InChI is InChI=1S/C11H21NO3/c1-9(2)15-8-4-7-12-6-3-5-10(12)11(13)14/h9-10H,3-8H2,1-2H3,(H,13,14). The Morgan fingerprint density at radius 1 is 1.60 bits per heavy atom. The minimum Gasteiger partial charge on any atom is -0.480 e. The number of hydrogen-bond donors (Lipinski definition) is 1. The third-order valence-corrected chi connectivity index (χ3v) is 2.69. The molecule has 1 N–H and O–H groups in total. The summed E-state index contributed by atoms with van der Waals surface area (Å²) in [4.78, 5) is 12.9.